The number of ether oxygens (including phenoxy) is 1. The lowest BCUT2D eigenvalue weighted by Crippen LogP contribution is -2.05. The van der Waals surface area contributed by atoms with Crippen LogP contribution in [0.15, 0.2) is 36.5 Å². The number of benzene rings is 1. The first kappa shape index (κ1) is 14.0. The number of hydrogen-bond acceptors (Lipinski definition) is 5. The molecule has 1 heterocycles. The van der Waals surface area contributed by atoms with E-state index in [0.29, 0.717) is 5.88 Å². The molecule has 0 spiro atoms. The molecule has 0 radical (unpaired) electrons. The van der Waals surface area contributed by atoms with Crippen molar-refractivity contribution in [2.45, 2.75) is 19.9 Å². The van der Waals surface area contributed by atoms with Crippen LogP contribution in [0.5, 0.6) is 11.6 Å². The summed E-state index contributed by atoms with van der Waals surface area (Å²) in [5.41, 5.74) is 7.39. The lowest BCUT2D eigenvalue weighted by atomic mass is 10.2. The van der Waals surface area contributed by atoms with Gasteiger partial charge in [-0.05, 0) is 31.0 Å². The highest BCUT2D eigenvalue weighted by Crippen LogP contribution is 2.31. The van der Waals surface area contributed by atoms with Crippen molar-refractivity contribution in [2.75, 3.05) is 0 Å². The summed E-state index contributed by atoms with van der Waals surface area (Å²) < 4.78 is 5.49. The van der Waals surface area contributed by atoms with Gasteiger partial charge < -0.3 is 10.5 Å². The number of aromatic nitrogens is 1. The fourth-order valence-corrected chi connectivity index (χ4v) is 1.69. The van der Waals surface area contributed by atoms with Gasteiger partial charge >= 0.3 is 5.69 Å². The molecule has 0 unspecified atom stereocenters. The van der Waals surface area contributed by atoms with E-state index in [1.165, 1.54) is 6.07 Å². The zero-order valence-corrected chi connectivity index (χ0v) is 11.2. The van der Waals surface area contributed by atoms with Gasteiger partial charge in [-0.25, -0.2) is 4.98 Å². The van der Waals surface area contributed by atoms with Gasteiger partial charge in [0, 0.05) is 24.4 Å². The second-order valence-electron chi connectivity index (χ2n) is 4.55. The maximum Gasteiger partial charge on any atom is 0.311 e. The van der Waals surface area contributed by atoms with Crippen LogP contribution in [-0.4, -0.2) is 9.91 Å². The van der Waals surface area contributed by atoms with Gasteiger partial charge in [0.2, 0.25) is 11.6 Å². The number of pyridine rings is 1. The summed E-state index contributed by atoms with van der Waals surface area (Å²) in [5, 5.41) is 11.0. The van der Waals surface area contributed by atoms with Crippen molar-refractivity contribution in [3.63, 3.8) is 0 Å². The number of rotatable bonds is 4. The van der Waals surface area contributed by atoms with Crippen molar-refractivity contribution in [1.29, 1.82) is 0 Å². The Morgan fingerprint density at radius 3 is 2.65 bits per heavy atom. The Bertz CT molecular complexity index is 624. The minimum absolute atomic E-state index is 0.0892. The molecule has 0 aliphatic carbocycles. The predicted molar refractivity (Wildman–Crippen MR) is 74.7 cm³/mol. The van der Waals surface area contributed by atoms with Crippen molar-refractivity contribution in [1.82, 2.24) is 4.98 Å². The maximum atomic E-state index is 11.0. The van der Waals surface area contributed by atoms with Gasteiger partial charge in [0.05, 0.1) is 4.92 Å². The van der Waals surface area contributed by atoms with E-state index in [1.807, 2.05) is 13.8 Å². The third kappa shape index (κ3) is 3.10. The van der Waals surface area contributed by atoms with E-state index in [2.05, 4.69) is 4.98 Å². The highest BCUT2D eigenvalue weighted by molar-refractivity contribution is 5.49. The van der Waals surface area contributed by atoms with E-state index in [0.717, 1.165) is 11.1 Å². The van der Waals surface area contributed by atoms with Crippen molar-refractivity contribution >= 4 is 5.69 Å². The summed E-state index contributed by atoms with van der Waals surface area (Å²) in [6.07, 6.45) is 1.60. The summed E-state index contributed by atoms with van der Waals surface area (Å²) in [6.45, 7) is 3.69. The van der Waals surface area contributed by atoms with Crippen LogP contribution >= 0.6 is 0 Å². The molecule has 2 N–H and O–H groups in total. The molecule has 0 aliphatic rings. The summed E-state index contributed by atoms with van der Waals surface area (Å²) >= 11 is 0. The van der Waals surface area contributed by atoms with Gasteiger partial charge in [0.25, 0.3) is 0 Å². The summed E-state index contributed by atoms with van der Waals surface area (Å²) in [4.78, 5) is 14.6. The maximum absolute atomic E-state index is 11.0. The Morgan fingerprint density at radius 1 is 1.35 bits per heavy atom. The second-order valence-corrected chi connectivity index (χ2v) is 4.55. The number of aryl methyl sites for hydroxylation is 1. The molecule has 104 valence electrons. The van der Waals surface area contributed by atoms with Crippen LogP contribution in [0.3, 0.4) is 0 Å². The van der Waals surface area contributed by atoms with Crippen molar-refractivity contribution < 1.29 is 9.66 Å². The van der Waals surface area contributed by atoms with Crippen LogP contribution in [0.1, 0.15) is 24.1 Å². The molecule has 0 fully saturated rings. The normalized spacial score (nSPS) is 11.9. The van der Waals surface area contributed by atoms with Crippen LogP contribution < -0.4 is 10.5 Å². The van der Waals surface area contributed by atoms with Gasteiger partial charge in [-0.1, -0.05) is 12.1 Å². The average molecular weight is 273 g/mol. The lowest BCUT2D eigenvalue weighted by Gasteiger charge is -2.08. The van der Waals surface area contributed by atoms with Crippen molar-refractivity contribution in [3.05, 3.63) is 57.8 Å². The number of hydrogen-bond donors (Lipinski definition) is 1. The van der Waals surface area contributed by atoms with Gasteiger partial charge in [-0.15, -0.1) is 0 Å². The first-order valence-corrected chi connectivity index (χ1v) is 6.12. The zero-order valence-electron chi connectivity index (χ0n) is 11.2. The van der Waals surface area contributed by atoms with Crippen LogP contribution in [0.4, 0.5) is 5.69 Å². The summed E-state index contributed by atoms with van der Waals surface area (Å²) in [6, 6.07) is 8.00. The van der Waals surface area contributed by atoms with E-state index in [9.17, 15) is 10.1 Å². The largest absolute Gasteiger partial charge is 0.432 e. The average Bonchev–Trinajstić information content (AvgIpc) is 2.39. The first-order valence-electron chi connectivity index (χ1n) is 6.12. The van der Waals surface area contributed by atoms with Gasteiger partial charge in [-0.2, -0.15) is 0 Å². The molecule has 1 atom stereocenters. The standard InChI is InChI=1S/C14H15N3O3/c1-9-3-5-12(17(18)19)13(7-9)20-14-6-4-11(8-16-14)10(2)15/h3-8,10H,15H2,1-2H3/t10-/m0/s1. The van der Waals surface area contributed by atoms with Crippen LogP contribution in [0, 0.1) is 17.0 Å². The second kappa shape index (κ2) is 5.66. The fraction of sp³-hybridized carbons (Fsp3) is 0.214. The molecule has 1 aromatic heterocycles. The van der Waals surface area contributed by atoms with E-state index in [4.69, 9.17) is 10.5 Å². The highest BCUT2D eigenvalue weighted by atomic mass is 16.6. The molecule has 0 amide bonds. The van der Waals surface area contributed by atoms with E-state index in [1.54, 1.807) is 30.5 Å². The molecular formula is C14H15N3O3. The Hall–Kier alpha value is -2.47. The van der Waals surface area contributed by atoms with Gasteiger partial charge in [0.1, 0.15) is 0 Å². The first-order chi connectivity index (χ1) is 9.47. The topological polar surface area (TPSA) is 91.3 Å². The third-order valence-electron chi connectivity index (χ3n) is 2.81. The number of nitro benzene ring substituents is 1. The molecule has 2 aromatic rings. The molecular weight excluding hydrogens is 258 g/mol. The Kier molecular flexibility index (Phi) is 3.95. The molecule has 0 bridgehead atoms. The van der Waals surface area contributed by atoms with Crippen LogP contribution in [0.2, 0.25) is 0 Å². The van der Waals surface area contributed by atoms with Gasteiger partial charge in [-0.3, -0.25) is 10.1 Å². The Balaban J connectivity index is 2.29. The minimum atomic E-state index is -0.481. The molecule has 0 saturated carbocycles. The van der Waals surface area contributed by atoms with Crippen LogP contribution in [0.25, 0.3) is 0 Å². The predicted octanol–water partition coefficient (Wildman–Crippen LogP) is 3.11. The number of nitrogens with two attached hydrogens (primary N) is 1. The molecule has 0 saturated heterocycles. The molecule has 6 heteroatoms. The van der Waals surface area contributed by atoms with E-state index < -0.39 is 4.92 Å². The van der Waals surface area contributed by atoms with E-state index >= 15 is 0 Å². The SMILES string of the molecule is Cc1ccc([N+](=O)[O-])c(Oc2ccc([C@H](C)N)cn2)c1. The molecule has 6 nitrogen and oxygen atoms in total. The number of nitro groups is 1. The Morgan fingerprint density at radius 2 is 2.10 bits per heavy atom. The fourth-order valence-electron chi connectivity index (χ4n) is 1.69. The minimum Gasteiger partial charge on any atom is -0.432 e. The summed E-state index contributed by atoms with van der Waals surface area (Å²) in [5.74, 6) is 0.471. The van der Waals surface area contributed by atoms with Crippen molar-refractivity contribution in [2.24, 2.45) is 5.73 Å². The molecule has 1 aromatic carbocycles. The quantitative estimate of drug-likeness (QED) is 0.682. The lowest BCUT2D eigenvalue weighted by molar-refractivity contribution is -0.385. The van der Waals surface area contributed by atoms with E-state index in [-0.39, 0.29) is 17.5 Å². The monoisotopic (exact) mass is 273 g/mol. The highest BCUT2D eigenvalue weighted by Gasteiger charge is 2.16. The zero-order chi connectivity index (χ0) is 14.7. The molecule has 0 aliphatic heterocycles. The Labute approximate surface area is 116 Å². The smallest absolute Gasteiger partial charge is 0.311 e. The van der Waals surface area contributed by atoms with Gasteiger partial charge in [0.15, 0.2) is 0 Å². The van der Waals surface area contributed by atoms with Crippen LogP contribution in [-0.2, 0) is 0 Å². The molecule has 20 heavy (non-hydrogen) atoms. The third-order valence-corrected chi connectivity index (χ3v) is 2.81. The van der Waals surface area contributed by atoms with Crippen molar-refractivity contribution in [3.8, 4) is 11.6 Å². The summed E-state index contributed by atoms with van der Waals surface area (Å²) in [7, 11) is 0. The molecule has 2 rings (SSSR count). The number of nitrogens with zero attached hydrogens (tertiary/aromatic N) is 2.